The van der Waals surface area contributed by atoms with Crippen LogP contribution in [0, 0.1) is 5.92 Å². The lowest BCUT2D eigenvalue weighted by molar-refractivity contribution is 0.510. The summed E-state index contributed by atoms with van der Waals surface area (Å²) in [5, 5.41) is 3.54. The molecule has 0 aromatic heterocycles. The zero-order chi connectivity index (χ0) is 13.9. The van der Waals surface area contributed by atoms with Gasteiger partial charge in [0.2, 0.25) is 0 Å². The maximum atomic E-state index is 3.54. The van der Waals surface area contributed by atoms with Gasteiger partial charge in [0, 0.05) is 10.9 Å². The highest BCUT2D eigenvalue weighted by Crippen LogP contribution is 2.54. The van der Waals surface area contributed by atoms with Crippen LogP contribution in [0.25, 0.3) is 0 Å². The summed E-state index contributed by atoms with van der Waals surface area (Å²) in [4.78, 5) is 1.39. The molecule has 1 fully saturated rings. The van der Waals surface area contributed by atoms with Crippen molar-refractivity contribution < 1.29 is 0 Å². The van der Waals surface area contributed by atoms with Gasteiger partial charge in [-0.05, 0) is 48.8 Å². The minimum atomic E-state index is 0.462. The Balaban J connectivity index is 1.82. The van der Waals surface area contributed by atoms with Crippen LogP contribution in [0.1, 0.15) is 29.5 Å². The minimum Gasteiger partial charge on any atom is -0.313 e. The second-order valence-electron chi connectivity index (χ2n) is 5.43. The molecule has 0 spiro atoms. The molecule has 0 bridgehead atoms. The SMILES string of the molecule is CNC(c1ccccc1SC)C1CC1c1ccccc1. The summed E-state index contributed by atoms with van der Waals surface area (Å²) in [5.41, 5.74) is 2.94. The second-order valence-corrected chi connectivity index (χ2v) is 6.27. The molecular formula is C18H21NS. The first-order valence-electron chi connectivity index (χ1n) is 7.20. The first kappa shape index (κ1) is 13.7. The third kappa shape index (κ3) is 2.63. The number of rotatable bonds is 5. The molecule has 2 aromatic rings. The lowest BCUT2D eigenvalue weighted by Crippen LogP contribution is -2.19. The predicted molar refractivity (Wildman–Crippen MR) is 87.3 cm³/mol. The molecule has 3 rings (SSSR count). The predicted octanol–water partition coefficient (Wildman–Crippen LogP) is 4.47. The van der Waals surface area contributed by atoms with Crippen LogP contribution in [0.3, 0.4) is 0 Å². The Kier molecular flexibility index (Phi) is 4.13. The fraction of sp³-hybridized carbons (Fsp3) is 0.333. The van der Waals surface area contributed by atoms with E-state index >= 15 is 0 Å². The first-order valence-corrected chi connectivity index (χ1v) is 8.42. The van der Waals surface area contributed by atoms with E-state index in [2.05, 4.69) is 73.2 Å². The molecule has 1 aliphatic carbocycles. The van der Waals surface area contributed by atoms with Gasteiger partial charge in [-0.15, -0.1) is 11.8 Å². The van der Waals surface area contributed by atoms with Crippen molar-refractivity contribution in [3.05, 3.63) is 65.7 Å². The summed E-state index contributed by atoms with van der Waals surface area (Å²) in [6.07, 6.45) is 3.45. The fourth-order valence-corrected chi connectivity index (χ4v) is 3.84. The number of hydrogen-bond acceptors (Lipinski definition) is 2. The Morgan fingerprint density at radius 1 is 1.05 bits per heavy atom. The molecule has 2 aromatic carbocycles. The van der Waals surface area contributed by atoms with Gasteiger partial charge in [0.25, 0.3) is 0 Å². The summed E-state index contributed by atoms with van der Waals surface area (Å²) < 4.78 is 0. The minimum absolute atomic E-state index is 0.462. The third-order valence-electron chi connectivity index (χ3n) is 4.28. The Hall–Kier alpha value is -1.25. The van der Waals surface area contributed by atoms with E-state index in [4.69, 9.17) is 0 Å². The van der Waals surface area contributed by atoms with Crippen molar-refractivity contribution in [2.24, 2.45) is 5.92 Å². The molecule has 0 amide bonds. The van der Waals surface area contributed by atoms with E-state index in [0.717, 1.165) is 5.92 Å². The van der Waals surface area contributed by atoms with E-state index in [1.165, 1.54) is 22.4 Å². The van der Waals surface area contributed by atoms with Crippen LogP contribution in [0.5, 0.6) is 0 Å². The summed E-state index contributed by atoms with van der Waals surface area (Å²) in [7, 11) is 2.09. The summed E-state index contributed by atoms with van der Waals surface area (Å²) >= 11 is 1.84. The average Bonchev–Trinajstić information content (AvgIpc) is 3.30. The summed E-state index contributed by atoms with van der Waals surface area (Å²) in [6.45, 7) is 0. The van der Waals surface area contributed by atoms with Crippen LogP contribution in [0.2, 0.25) is 0 Å². The van der Waals surface area contributed by atoms with Crippen molar-refractivity contribution >= 4 is 11.8 Å². The average molecular weight is 283 g/mol. The quantitative estimate of drug-likeness (QED) is 0.812. The van der Waals surface area contributed by atoms with Crippen molar-refractivity contribution in [1.29, 1.82) is 0 Å². The van der Waals surface area contributed by atoms with Crippen molar-refractivity contribution in [2.45, 2.75) is 23.3 Å². The van der Waals surface area contributed by atoms with Gasteiger partial charge in [-0.1, -0.05) is 48.5 Å². The molecular weight excluding hydrogens is 262 g/mol. The number of benzene rings is 2. The lowest BCUT2D eigenvalue weighted by Gasteiger charge is -2.19. The highest BCUT2D eigenvalue weighted by atomic mass is 32.2. The first-order chi connectivity index (χ1) is 9.85. The standard InChI is InChI=1S/C18H21NS/c1-19-18(14-10-6-7-11-17(14)20-2)16-12-15(16)13-8-4-3-5-9-13/h3-11,15-16,18-19H,12H2,1-2H3. The van der Waals surface area contributed by atoms with E-state index in [9.17, 15) is 0 Å². The summed E-state index contributed by atoms with van der Waals surface area (Å²) in [5.74, 6) is 1.43. The highest BCUT2D eigenvalue weighted by Gasteiger charge is 2.44. The molecule has 20 heavy (non-hydrogen) atoms. The summed E-state index contributed by atoms with van der Waals surface area (Å²) in [6, 6.07) is 20.2. The topological polar surface area (TPSA) is 12.0 Å². The maximum Gasteiger partial charge on any atom is 0.0363 e. The van der Waals surface area contributed by atoms with E-state index in [0.29, 0.717) is 12.0 Å². The monoisotopic (exact) mass is 283 g/mol. The molecule has 104 valence electrons. The van der Waals surface area contributed by atoms with Gasteiger partial charge in [-0.25, -0.2) is 0 Å². The van der Waals surface area contributed by atoms with Gasteiger partial charge in [0.1, 0.15) is 0 Å². The van der Waals surface area contributed by atoms with Gasteiger partial charge in [-0.3, -0.25) is 0 Å². The number of nitrogens with one attached hydrogen (secondary N) is 1. The normalized spacial score (nSPS) is 22.5. The fourth-order valence-electron chi connectivity index (χ4n) is 3.19. The Labute approximate surface area is 125 Å². The molecule has 0 saturated heterocycles. The zero-order valence-corrected chi connectivity index (χ0v) is 12.9. The molecule has 1 aliphatic rings. The Morgan fingerprint density at radius 2 is 1.75 bits per heavy atom. The number of thioether (sulfide) groups is 1. The number of hydrogen-bond donors (Lipinski definition) is 1. The van der Waals surface area contributed by atoms with Gasteiger partial charge >= 0.3 is 0 Å². The van der Waals surface area contributed by atoms with E-state index in [1.807, 2.05) is 11.8 Å². The Bertz CT molecular complexity index is 567. The second kappa shape index (κ2) is 6.02. The van der Waals surface area contributed by atoms with E-state index in [1.54, 1.807) is 0 Å². The molecule has 0 radical (unpaired) electrons. The van der Waals surface area contributed by atoms with Crippen LogP contribution >= 0.6 is 11.8 Å². The van der Waals surface area contributed by atoms with Crippen LogP contribution < -0.4 is 5.32 Å². The maximum absolute atomic E-state index is 3.54. The van der Waals surface area contributed by atoms with Crippen LogP contribution in [-0.4, -0.2) is 13.3 Å². The van der Waals surface area contributed by atoms with Gasteiger partial charge in [0.05, 0.1) is 0 Å². The molecule has 3 atom stereocenters. The van der Waals surface area contributed by atoms with Crippen LogP contribution in [0.4, 0.5) is 0 Å². The van der Waals surface area contributed by atoms with E-state index in [-0.39, 0.29) is 0 Å². The van der Waals surface area contributed by atoms with Crippen molar-refractivity contribution in [3.8, 4) is 0 Å². The van der Waals surface area contributed by atoms with Crippen molar-refractivity contribution in [3.63, 3.8) is 0 Å². The van der Waals surface area contributed by atoms with Gasteiger partial charge in [-0.2, -0.15) is 0 Å². The third-order valence-corrected chi connectivity index (χ3v) is 5.09. The molecule has 1 nitrogen and oxygen atoms in total. The van der Waals surface area contributed by atoms with E-state index < -0.39 is 0 Å². The Morgan fingerprint density at radius 3 is 2.45 bits per heavy atom. The highest BCUT2D eigenvalue weighted by molar-refractivity contribution is 7.98. The van der Waals surface area contributed by atoms with Crippen molar-refractivity contribution in [2.75, 3.05) is 13.3 Å². The van der Waals surface area contributed by atoms with Gasteiger partial charge in [0.15, 0.2) is 0 Å². The van der Waals surface area contributed by atoms with Crippen molar-refractivity contribution in [1.82, 2.24) is 5.32 Å². The largest absolute Gasteiger partial charge is 0.313 e. The smallest absolute Gasteiger partial charge is 0.0363 e. The van der Waals surface area contributed by atoms with Gasteiger partial charge < -0.3 is 5.32 Å². The van der Waals surface area contributed by atoms with Crippen LogP contribution in [0.15, 0.2) is 59.5 Å². The zero-order valence-electron chi connectivity index (χ0n) is 12.0. The molecule has 0 aliphatic heterocycles. The molecule has 1 saturated carbocycles. The molecule has 3 unspecified atom stereocenters. The van der Waals surface area contributed by atoms with Crippen LogP contribution in [-0.2, 0) is 0 Å². The molecule has 1 N–H and O–H groups in total. The molecule has 2 heteroatoms. The lowest BCUT2D eigenvalue weighted by atomic mass is 9.99. The molecule has 0 heterocycles.